The Bertz CT molecular complexity index is 851. The standard InChI is InChI=1S/C21H25N3O2/c1-4-14-7-5-6-8-17(14)23-20(25)26-15-9-10-18-16(13-15)21(2)11-12-22-19(21)24(18)3/h5-10,13,19,22H,4,11-12H2,1-3H3,(H,23,25)/t19?,21-/m0/s1. The number of carbonyl (C=O) groups excluding carboxylic acids is 1. The van der Waals surface area contributed by atoms with E-state index in [4.69, 9.17) is 4.74 Å². The molecular formula is C21H25N3O2. The second kappa shape index (κ2) is 6.32. The van der Waals surface area contributed by atoms with Crippen molar-refractivity contribution in [1.29, 1.82) is 0 Å². The van der Waals surface area contributed by atoms with Crippen LogP contribution in [0.2, 0.25) is 0 Å². The van der Waals surface area contributed by atoms with Crippen molar-refractivity contribution < 1.29 is 9.53 Å². The molecule has 26 heavy (non-hydrogen) atoms. The Kier molecular flexibility index (Phi) is 4.11. The maximum absolute atomic E-state index is 12.4. The molecule has 1 saturated heterocycles. The van der Waals surface area contributed by atoms with Gasteiger partial charge in [0, 0.05) is 23.8 Å². The van der Waals surface area contributed by atoms with Crippen molar-refractivity contribution in [3.63, 3.8) is 0 Å². The Hall–Kier alpha value is -2.53. The average Bonchev–Trinajstić information content (AvgIpc) is 3.12. The summed E-state index contributed by atoms with van der Waals surface area (Å²) in [4.78, 5) is 14.6. The number of ether oxygens (including phenoxy) is 1. The molecule has 1 unspecified atom stereocenters. The van der Waals surface area contributed by atoms with Gasteiger partial charge in [-0.15, -0.1) is 0 Å². The molecule has 2 heterocycles. The lowest BCUT2D eigenvalue weighted by Crippen LogP contribution is -2.44. The average molecular weight is 351 g/mol. The summed E-state index contributed by atoms with van der Waals surface area (Å²) >= 11 is 0. The fraction of sp³-hybridized carbons (Fsp3) is 0.381. The van der Waals surface area contributed by atoms with Crippen LogP contribution in [0.15, 0.2) is 42.5 Å². The molecule has 0 radical (unpaired) electrons. The van der Waals surface area contributed by atoms with Crippen molar-refractivity contribution in [1.82, 2.24) is 5.32 Å². The molecule has 5 nitrogen and oxygen atoms in total. The van der Waals surface area contributed by atoms with Crippen LogP contribution in [0.1, 0.15) is 31.4 Å². The molecule has 2 aromatic carbocycles. The molecule has 2 aromatic rings. The predicted molar refractivity (Wildman–Crippen MR) is 104 cm³/mol. The van der Waals surface area contributed by atoms with E-state index in [1.165, 1.54) is 11.3 Å². The Labute approximate surface area is 154 Å². The van der Waals surface area contributed by atoms with E-state index in [0.717, 1.165) is 30.6 Å². The summed E-state index contributed by atoms with van der Waals surface area (Å²) in [5, 5.41) is 6.43. The molecule has 0 aliphatic carbocycles. The third-order valence-corrected chi connectivity index (χ3v) is 5.78. The van der Waals surface area contributed by atoms with Gasteiger partial charge >= 0.3 is 6.09 Å². The molecular weight excluding hydrogens is 326 g/mol. The smallest absolute Gasteiger partial charge is 0.410 e. The SMILES string of the molecule is CCc1ccccc1NC(=O)Oc1ccc2c(c1)[C@]1(C)CCNC1N2C. The number of likely N-dealkylation sites (N-methyl/N-ethyl adjacent to an activating group) is 1. The molecule has 5 heteroatoms. The molecule has 0 spiro atoms. The molecule has 4 rings (SSSR count). The summed E-state index contributed by atoms with van der Waals surface area (Å²) in [5.41, 5.74) is 4.39. The molecule has 0 bridgehead atoms. The van der Waals surface area contributed by atoms with Crippen molar-refractivity contribution in [2.75, 3.05) is 23.8 Å². The van der Waals surface area contributed by atoms with Crippen LogP contribution in [-0.2, 0) is 11.8 Å². The van der Waals surface area contributed by atoms with Crippen molar-refractivity contribution >= 4 is 17.5 Å². The maximum atomic E-state index is 12.4. The monoisotopic (exact) mass is 351 g/mol. The number of amides is 1. The molecule has 2 N–H and O–H groups in total. The highest BCUT2D eigenvalue weighted by Crippen LogP contribution is 2.49. The summed E-state index contributed by atoms with van der Waals surface area (Å²) in [7, 11) is 2.11. The van der Waals surface area contributed by atoms with Crippen LogP contribution in [0.3, 0.4) is 0 Å². The lowest BCUT2D eigenvalue weighted by atomic mass is 9.81. The van der Waals surface area contributed by atoms with Crippen LogP contribution < -0.4 is 20.3 Å². The fourth-order valence-electron chi connectivity index (χ4n) is 4.35. The largest absolute Gasteiger partial charge is 0.417 e. The van der Waals surface area contributed by atoms with E-state index < -0.39 is 6.09 Å². The lowest BCUT2D eigenvalue weighted by molar-refractivity contribution is 0.215. The molecule has 1 fully saturated rings. The number of fused-ring (bicyclic) bond motifs is 3. The van der Waals surface area contributed by atoms with E-state index in [0.29, 0.717) is 11.9 Å². The minimum Gasteiger partial charge on any atom is -0.410 e. The molecule has 2 aliphatic heterocycles. The normalized spacial score (nSPS) is 23.5. The van der Waals surface area contributed by atoms with Gasteiger partial charge in [0.2, 0.25) is 0 Å². The van der Waals surface area contributed by atoms with E-state index in [9.17, 15) is 4.79 Å². The first-order valence-corrected chi connectivity index (χ1v) is 9.20. The van der Waals surface area contributed by atoms with Crippen LogP contribution in [0.25, 0.3) is 0 Å². The number of aryl methyl sites for hydroxylation is 1. The van der Waals surface area contributed by atoms with Gasteiger partial charge in [-0.3, -0.25) is 10.6 Å². The second-order valence-corrected chi connectivity index (χ2v) is 7.34. The zero-order chi connectivity index (χ0) is 18.3. The van der Waals surface area contributed by atoms with Crippen molar-refractivity contribution in [2.24, 2.45) is 0 Å². The predicted octanol–water partition coefficient (Wildman–Crippen LogP) is 3.89. The van der Waals surface area contributed by atoms with Gasteiger partial charge in [-0.2, -0.15) is 0 Å². The first kappa shape index (κ1) is 16.9. The highest BCUT2D eigenvalue weighted by atomic mass is 16.6. The Morgan fingerprint density at radius 1 is 1.35 bits per heavy atom. The van der Waals surface area contributed by atoms with Gasteiger partial charge < -0.3 is 9.64 Å². The Morgan fingerprint density at radius 3 is 2.96 bits per heavy atom. The number of rotatable bonds is 3. The lowest BCUT2D eigenvalue weighted by Gasteiger charge is -2.27. The van der Waals surface area contributed by atoms with E-state index in [2.05, 4.69) is 36.4 Å². The molecule has 1 amide bonds. The first-order chi connectivity index (χ1) is 12.5. The van der Waals surface area contributed by atoms with Gasteiger partial charge in [0.15, 0.2) is 0 Å². The number of anilines is 2. The number of nitrogens with zero attached hydrogens (tertiary/aromatic N) is 1. The van der Waals surface area contributed by atoms with Crippen LogP contribution >= 0.6 is 0 Å². The van der Waals surface area contributed by atoms with Crippen molar-refractivity contribution in [2.45, 2.75) is 38.3 Å². The third-order valence-electron chi connectivity index (χ3n) is 5.78. The van der Waals surface area contributed by atoms with Crippen LogP contribution in [-0.4, -0.2) is 25.9 Å². The molecule has 0 saturated carbocycles. The minimum absolute atomic E-state index is 0.0503. The summed E-state index contributed by atoms with van der Waals surface area (Å²) < 4.78 is 5.58. The van der Waals surface area contributed by atoms with E-state index in [1.54, 1.807) is 0 Å². The van der Waals surface area contributed by atoms with Gasteiger partial charge in [0.25, 0.3) is 0 Å². The van der Waals surface area contributed by atoms with Crippen LogP contribution in [0.4, 0.5) is 16.2 Å². The Morgan fingerprint density at radius 2 is 2.15 bits per heavy atom. The Balaban J connectivity index is 1.54. The van der Waals surface area contributed by atoms with Gasteiger partial charge in [-0.1, -0.05) is 32.0 Å². The molecule has 0 aromatic heterocycles. The number of carbonyl (C=O) groups is 1. The zero-order valence-corrected chi connectivity index (χ0v) is 15.5. The van der Waals surface area contributed by atoms with Crippen LogP contribution in [0, 0.1) is 0 Å². The summed E-state index contributed by atoms with van der Waals surface area (Å²) in [5.74, 6) is 0.581. The second-order valence-electron chi connectivity index (χ2n) is 7.34. The number of benzene rings is 2. The fourth-order valence-corrected chi connectivity index (χ4v) is 4.35. The summed E-state index contributed by atoms with van der Waals surface area (Å²) in [6, 6.07) is 13.7. The summed E-state index contributed by atoms with van der Waals surface area (Å²) in [6.07, 6.45) is 1.78. The number of nitrogens with one attached hydrogen (secondary N) is 2. The zero-order valence-electron chi connectivity index (χ0n) is 15.5. The summed E-state index contributed by atoms with van der Waals surface area (Å²) in [6.45, 7) is 5.35. The van der Waals surface area contributed by atoms with E-state index in [1.807, 2.05) is 42.5 Å². The molecule has 136 valence electrons. The number of para-hydroxylation sites is 1. The number of hydrogen-bond acceptors (Lipinski definition) is 4. The van der Waals surface area contributed by atoms with Gasteiger partial charge in [0.05, 0.1) is 6.17 Å². The van der Waals surface area contributed by atoms with Crippen LogP contribution in [0.5, 0.6) is 5.75 Å². The van der Waals surface area contributed by atoms with E-state index >= 15 is 0 Å². The maximum Gasteiger partial charge on any atom is 0.417 e. The highest BCUT2D eigenvalue weighted by Gasteiger charge is 2.49. The first-order valence-electron chi connectivity index (χ1n) is 9.20. The molecule has 2 aliphatic rings. The third kappa shape index (κ3) is 2.63. The quantitative estimate of drug-likeness (QED) is 0.881. The van der Waals surface area contributed by atoms with Gasteiger partial charge in [-0.25, -0.2) is 4.79 Å². The highest BCUT2D eigenvalue weighted by molar-refractivity contribution is 5.87. The topological polar surface area (TPSA) is 53.6 Å². The van der Waals surface area contributed by atoms with Gasteiger partial charge in [0.1, 0.15) is 5.75 Å². The van der Waals surface area contributed by atoms with Crippen molar-refractivity contribution in [3.8, 4) is 5.75 Å². The van der Waals surface area contributed by atoms with Gasteiger partial charge in [-0.05, 0) is 54.8 Å². The minimum atomic E-state index is -0.455. The number of hydrogen-bond donors (Lipinski definition) is 2. The van der Waals surface area contributed by atoms with E-state index in [-0.39, 0.29) is 5.41 Å². The molecule has 2 atom stereocenters. The van der Waals surface area contributed by atoms with Crippen molar-refractivity contribution in [3.05, 3.63) is 53.6 Å².